The van der Waals surface area contributed by atoms with Gasteiger partial charge in [-0.3, -0.25) is 15.5 Å². The summed E-state index contributed by atoms with van der Waals surface area (Å²) in [6, 6.07) is 0.0529. The van der Waals surface area contributed by atoms with Gasteiger partial charge in [-0.05, 0) is 58.8 Å². The van der Waals surface area contributed by atoms with Crippen molar-refractivity contribution in [3.63, 3.8) is 0 Å². The molecule has 1 aliphatic carbocycles. The van der Waals surface area contributed by atoms with Crippen LogP contribution < -0.4 is 21.5 Å². The molecular formula is C20H33F4N5O2. The first-order valence-corrected chi connectivity index (χ1v) is 11.1. The number of hydrogen-bond donors (Lipinski definition) is 4. The molecule has 2 aliphatic heterocycles. The van der Waals surface area contributed by atoms with Crippen molar-refractivity contribution in [2.24, 2.45) is 16.8 Å². The topological polar surface area (TPSA) is 86.8 Å². The Balaban J connectivity index is 1.63. The van der Waals surface area contributed by atoms with Crippen LogP contribution in [0.4, 0.5) is 17.6 Å². The van der Waals surface area contributed by atoms with Gasteiger partial charge in [0.25, 0.3) is 0 Å². The van der Waals surface area contributed by atoms with Crippen LogP contribution in [0.1, 0.15) is 59.3 Å². The second kappa shape index (κ2) is 9.99. The number of rotatable bonds is 4. The molecule has 11 heteroatoms. The molecule has 3 aliphatic rings. The standard InChI is InChI=1S/C20H33F4N5O2/c1-10(2)25-19(27-18(30)14-8-11(3)31-17(14)20(22,23)24)26-16-9-15(28-29-16)12-4-6-13(21)7-5-12/h10-17,28-29H,4-9H2,1-3H3,(H2,25,26,27,30). The summed E-state index contributed by atoms with van der Waals surface area (Å²) in [7, 11) is 0. The maximum Gasteiger partial charge on any atom is 0.415 e. The van der Waals surface area contributed by atoms with Gasteiger partial charge >= 0.3 is 6.18 Å². The third kappa shape index (κ3) is 6.52. The summed E-state index contributed by atoms with van der Waals surface area (Å²) in [6.45, 7) is 5.22. The molecule has 5 atom stereocenters. The lowest BCUT2D eigenvalue weighted by Crippen LogP contribution is -2.50. The molecule has 0 aromatic rings. The second-order valence-corrected chi connectivity index (χ2v) is 9.18. The third-order valence-electron chi connectivity index (χ3n) is 6.12. The van der Waals surface area contributed by atoms with Crippen LogP contribution in [0.2, 0.25) is 0 Å². The number of alkyl halides is 4. The van der Waals surface area contributed by atoms with Crippen LogP contribution in [0, 0.1) is 11.8 Å². The SMILES string of the molecule is CC(C)N/C(=N\C1CC(C2CCC(F)CC2)NN1)NC(=O)C1CC(C)OC1C(F)(F)F. The van der Waals surface area contributed by atoms with Gasteiger partial charge in [0.05, 0.1) is 12.0 Å². The molecule has 31 heavy (non-hydrogen) atoms. The van der Waals surface area contributed by atoms with E-state index in [-0.39, 0.29) is 30.6 Å². The van der Waals surface area contributed by atoms with Crippen molar-refractivity contribution >= 4 is 11.9 Å². The highest BCUT2D eigenvalue weighted by Gasteiger charge is 2.53. The molecule has 178 valence electrons. The Morgan fingerprint density at radius 2 is 1.81 bits per heavy atom. The summed E-state index contributed by atoms with van der Waals surface area (Å²) in [5, 5.41) is 5.55. The molecule has 3 fully saturated rings. The van der Waals surface area contributed by atoms with Crippen molar-refractivity contribution in [3.8, 4) is 0 Å². The second-order valence-electron chi connectivity index (χ2n) is 9.18. The molecule has 0 spiro atoms. The Morgan fingerprint density at radius 3 is 2.42 bits per heavy atom. The van der Waals surface area contributed by atoms with Gasteiger partial charge in [-0.1, -0.05) is 0 Å². The van der Waals surface area contributed by atoms with Crippen LogP contribution in [0.15, 0.2) is 4.99 Å². The zero-order chi connectivity index (χ0) is 22.8. The molecule has 0 radical (unpaired) electrons. The van der Waals surface area contributed by atoms with Gasteiger partial charge in [0.1, 0.15) is 12.3 Å². The molecule has 3 rings (SSSR count). The number of ether oxygens (including phenoxy) is 1. The van der Waals surface area contributed by atoms with E-state index in [2.05, 4.69) is 26.5 Å². The lowest BCUT2D eigenvalue weighted by atomic mass is 9.82. The lowest BCUT2D eigenvalue weighted by molar-refractivity contribution is -0.222. The highest BCUT2D eigenvalue weighted by molar-refractivity contribution is 5.98. The van der Waals surface area contributed by atoms with Crippen LogP contribution in [0.5, 0.6) is 0 Å². The first-order chi connectivity index (χ1) is 14.5. The Hall–Kier alpha value is -1.46. The molecule has 2 saturated heterocycles. The van der Waals surface area contributed by atoms with Crippen molar-refractivity contribution in [2.45, 2.75) is 102 Å². The van der Waals surface area contributed by atoms with Crippen LogP contribution in [-0.4, -0.2) is 54.7 Å². The van der Waals surface area contributed by atoms with Crippen LogP contribution in [-0.2, 0) is 9.53 Å². The monoisotopic (exact) mass is 451 g/mol. The summed E-state index contributed by atoms with van der Waals surface area (Å²) in [4.78, 5) is 17.2. The minimum atomic E-state index is -4.61. The quantitative estimate of drug-likeness (QED) is 0.300. The molecule has 2 heterocycles. The maximum absolute atomic E-state index is 13.4. The van der Waals surface area contributed by atoms with Crippen molar-refractivity contribution in [1.29, 1.82) is 0 Å². The number of guanidine groups is 1. The van der Waals surface area contributed by atoms with Crippen molar-refractivity contribution < 1.29 is 27.1 Å². The Morgan fingerprint density at radius 1 is 1.13 bits per heavy atom. The molecule has 1 amide bonds. The molecule has 7 nitrogen and oxygen atoms in total. The number of aliphatic imine (C=N–C) groups is 1. The molecule has 5 unspecified atom stereocenters. The van der Waals surface area contributed by atoms with E-state index < -0.39 is 36.4 Å². The Labute approximate surface area is 180 Å². The van der Waals surface area contributed by atoms with Gasteiger partial charge in [0, 0.05) is 18.5 Å². The smallest absolute Gasteiger partial charge is 0.365 e. The average molecular weight is 452 g/mol. The fourth-order valence-corrected chi connectivity index (χ4v) is 4.61. The maximum atomic E-state index is 13.4. The largest absolute Gasteiger partial charge is 0.415 e. The van der Waals surface area contributed by atoms with Gasteiger partial charge in [0.15, 0.2) is 12.1 Å². The van der Waals surface area contributed by atoms with Crippen LogP contribution >= 0.6 is 0 Å². The first kappa shape index (κ1) is 24.2. The molecule has 0 bridgehead atoms. The highest BCUT2D eigenvalue weighted by Crippen LogP contribution is 2.37. The van der Waals surface area contributed by atoms with E-state index in [1.807, 2.05) is 13.8 Å². The van der Waals surface area contributed by atoms with Gasteiger partial charge in [-0.2, -0.15) is 13.2 Å². The van der Waals surface area contributed by atoms with E-state index in [1.165, 1.54) is 6.92 Å². The van der Waals surface area contributed by atoms with E-state index in [4.69, 9.17) is 4.74 Å². The molecule has 0 aromatic carbocycles. The summed E-state index contributed by atoms with van der Waals surface area (Å²) >= 11 is 0. The lowest BCUT2D eigenvalue weighted by Gasteiger charge is -2.28. The predicted octanol–water partition coefficient (Wildman–Crippen LogP) is 2.53. The number of carbonyl (C=O) groups is 1. The molecular weight excluding hydrogens is 418 g/mol. The van der Waals surface area contributed by atoms with E-state index in [9.17, 15) is 22.4 Å². The zero-order valence-corrected chi connectivity index (χ0v) is 18.1. The van der Waals surface area contributed by atoms with Gasteiger partial charge < -0.3 is 10.1 Å². The number of halogens is 4. The van der Waals surface area contributed by atoms with Crippen molar-refractivity contribution in [3.05, 3.63) is 0 Å². The summed E-state index contributed by atoms with van der Waals surface area (Å²) in [5.41, 5.74) is 6.28. The fraction of sp³-hybridized carbons (Fsp3) is 0.900. The number of hydrogen-bond acceptors (Lipinski definition) is 5. The van der Waals surface area contributed by atoms with Crippen LogP contribution in [0.3, 0.4) is 0 Å². The highest BCUT2D eigenvalue weighted by atomic mass is 19.4. The van der Waals surface area contributed by atoms with E-state index in [0.29, 0.717) is 25.2 Å². The molecule has 1 saturated carbocycles. The Bertz CT molecular complexity index is 652. The number of nitrogens with zero attached hydrogens (tertiary/aromatic N) is 1. The predicted molar refractivity (Wildman–Crippen MR) is 108 cm³/mol. The third-order valence-corrected chi connectivity index (χ3v) is 6.12. The minimum absolute atomic E-state index is 0.00643. The summed E-state index contributed by atoms with van der Waals surface area (Å²) in [6.07, 6.45) is -5.07. The number of nitrogens with one attached hydrogen (secondary N) is 4. The van der Waals surface area contributed by atoms with E-state index >= 15 is 0 Å². The fourth-order valence-electron chi connectivity index (χ4n) is 4.61. The summed E-state index contributed by atoms with van der Waals surface area (Å²) in [5.74, 6) is -1.61. The average Bonchev–Trinajstić information content (AvgIpc) is 3.28. The number of hydrazine groups is 1. The van der Waals surface area contributed by atoms with Crippen LogP contribution in [0.25, 0.3) is 0 Å². The van der Waals surface area contributed by atoms with E-state index in [0.717, 1.165) is 12.8 Å². The molecule has 4 N–H and O–H groups in total. The van der Waals surface area contributed by atoms with Gasteiger partial charge in [0.2, 0.25) is 5.91 Å². The normalized spacial score (nSPS) is 37.3. The first-order valence-electron chi connectivity index (χ1n) is 11.1. The van der Waals surface area contributed by atoms with E-state index in [1.54, 1.807) is 0 Å². The van der Waals surface area contributed by atoms with Gasteiger partial charge in [-0.25, -0.2) is 14.8 Å². The Kier molecular flexibility index (Phi) is 7.80. The summed E-state index contributed by atoms with van der Waals surface area (Å²) < 4.78 is 58.2. The number of carbonyl (C=O) groups excluding carboxylic acids is 1. The number of amides is 1. The van der Waals surface area contributed by atoms with Crippen molar-refractivity contribution in [2.75, 3.05) is 0 Å². The van der Waals surface area contributed by atoms with Gasteiger partial charge in [-0.15, -0.1) is 0 Å². The van der Waals surface area contributed by atoms with Crippen molar-refractivity contribution in [1.82, 2.24) is 21.5 Å². The molecule has 0 aromatic heterocycles. The zero-order valence-electron chi connectivity index (χ0n) is 18.1. The minimum Gasteiger partial charge on any atom is -0.365 e.